The zero-order chi connectivity index (χ0) is 12.6. The number of hydrogen-bond donors (Lipinski definition) is 3. The summed E-state index contributed by atoms with van der Waals surface area (Å²) in [6.45, 7) is 1.51. The van der Waals surface area contributed by atoms with Crippen LogP contribution in [0.5, 0.6) is 11.5 Å². The van der Waals surface area contributed by atoms with Crippen molar-refractivity contribution in [2.75, 3.05) is 5.75 Å². The first kappa shape index (κ1) is 11.7. The van der Waals surface area contributed by atoms with Crippen LogP contribution in [-0.4, -0.2) is 42.6 Å². The van der Waals surface area contributed by atoms with E-state index >= 15 is 0 Å². The Hall–Kier alpha value is -1.76. The number of pyridine rings is 1. The Balaban J connectivity index is 2.40. The predicted molar refractivity (Wildman–Crippen MR) is 62.6 cm³/mol. The van der Waals surface area contributed by atoms with Crippen molar-refractivity contribution in [3.8, 4) is 11.5 Å². The normalized spacial score (nSPS) is 23.5. The minimum absolute atomic E-state index is 0.157. The van der Waals surface area contributed by atoms with E-state index in [9.17, 15) is 9.90 Å². The Bertz CT molecular complexity index is 517. The number of carboxylic acid groups (broad SMARTS) is 1. The van der Waals surface area contributed by atoms with Crippen LogP contribution < -0.4 is 0 Å². The van der Waals surface area contributed by atoms with Crippen molar-refractivity contribution in [3.63, 3.8) is 0 Å². The molecule has 7 heteroatoms. The summed E-state index contributed by atoms with van der Waals surface area (Å²) in [6, 6.07) is 1.14. The van der Waals surface area contributed by atoms with Gasteiger partial charge in [0.05, 0.1) is 6.20 Å². The number of nitrogens with zero attached hydrogens (tertiary/aromatic N) is 2. The number of aromatic nitrogens is 1. The van der Waals surface area contributed by atoms with Gasteiger partial charge in [-0.25, -0.2) is 9.78 Å². The molecule has 0 saturated carbocycles. The van der Waals surface area contributed by atoms with Gasteiger partial charge in [0.25, 0.3) is 0 Å². The molecule has 17 heavy (non-hydrogen) atoms. The summed E-state index contributed by atoms with van der Waals surface area (Å²) >= 11 is 1.22. The number of aromatic hydroxyl groups is 2. The third-order valence-electron chi connectivity index (χ3n) is 2.35. The van der Waals surface area contributed by atoms with E-state index < -0.39 is 11.5 Å². The van der Waals surface area contributed by atoms with Gasteiger partial charge in [-0.1, -0.05) is 0 Å². The highest BCUT2D eigenvalue weighted by molar-refractivity contribution is 8.14. The lowest BCUT2D eigenvalue weighted by Crippen LogP contribution is -2.33. The minimum atomic E-state index is -1.19. The van der Waals surface area contributed by atoms with E-state index in [1.807, 2.05) is 0 Å². The van der Waals surface area contributed by atoms with E-state index in [1.54, 1.807) is 0 Å². The molecule has 0 fully saturated rings. The number of carbonyl (C=O) groups is 1. The van der Waals surface area contributed by atoms with Crippen molar-refractivity contribution in [3.05, 3.63) is 18.0 Å². The molecule has 2 rings (SSSR count). The number of rotatable bonds is 2. The van der Waals surface area contributed by atoms with Crippen molar-refractivity contribution in [2.45, 2.75) is 12.5 Å². The summed E-state index contributed by atoms with van der Waals surface area (Å²) in [5.41, 5.74) is -0.996. The second-order valence-corrected chi connectivity index (χ2v) is 4.81. The third-order valence-corrected chi connectivity index (χ3v) is 3.62. The Labute approximate surface area is 101 Å². The standard InChI is InChI=1S/C10H10N2O4S/c1-10(9(15)16)4-17-8(12-10)7-6(14)2-5(13)3-11-7/h2-3,13-14H,4H2,1H3,(H,15,16)/t10-/m1/s1. The summed E-state index contributed by atoms with van der Waals surface area (Å²) in [5.74, 6) is -1.10. The van der Waals surface area contributed by atoms with Crippen LogP contribution in [0.4, 0.5) is 0 Å². The maximum atomic E-state index is 11.0. The largest absolute Gasteiger partial charge is 0.506 e. The molecule has 2 heterocycles. The maximum Gasteiger partial charge on any atom is 0.332 e. The molecule has 0 spiro atoms. The van der Waals surface area contributed by atoms with Crippen LogP contribution in [-0.2, 0) is 4.79 Å². The van der Waals surface area contributed by atoms with Crippen LogP contribution in [0.1, 0.15) is 12.6 Å². The van der Waals surface area contributed by atoms with Crippen molar-refractivity contribution < 1.29 is 20.1 Å². The summed E-state index contributed by atoms with van der Waals surface area (Å²) in [6.07, 6.45) is 1.18. The van der Waals surface area contributed by atoms with E-state index in [0.29, 0.717) is 10.8 Å². The fourth-order valence-electron chi connectivity index (χ4n) is 1.34. The molecule has 1 atom stereocenters. The minimum Gasteiger partial charge on any atom is -0.506 e. The first-order valence-corrected chi connectivity index (χ1v) is 5.75. The molecule has 3 N–H and O–H groups in total. The Morgan fingerprint density at radius 2 is 2.24 bits per heavy atom. The van der Waals surface area contributed by atoms with Crippen LogP contribution in [0.25, 0.3) is 0 Å². The molecule has 0 saturated heterocycles. The highest BCUT2D eigenvalue weighted by atomic mass is 32.2. The van der Waals surface area contributed by atoms with E-state index in [0.717, 1.165) is 6.07 Å². The lowest BCUT2D eigenvalue weighted by Gasteiger charge is -2.11. The molecule has 1 aromatic rings. The smallest absolute Gasteiger partial charge is 0.332 e. The monoisotopic (exact) mass is 254 g/mol. The summed E-state index contributed by atoms with van der Waals surface area (Å²) in [4.78, 5) is 18.9. The van der Waals surface area contributed by atoms with Gasteiger partial charge < -0.3 is 15.3 Å². The fourth-order valence-corrected chi connectivity index (χ4v) is 2.50. The van der Waals surface area contributed by atoms with Crippen LogP contribution in [0.3, 0.4) is 0 Å². The lowest BCUT2D eigenvalue weighted by atomic mass is 10.1. The third kappa shape index (κ3) is 2.05. The van der Waals surface area contributed by atoms with Crippen LogP contribution >= 0.6 is 11.8 Å². The van der Waals surface area contributed by atoms with Gasteiger partial charge in [0, 0.05) is 11.8 Å². The van der Waals surface area contributed by atoms with Gasteiger partial charge in [-0.2, -0.15) is 0 Å². The number of aliphatic imine (C=N–C) groups is 1. The summed E-state index contributed by atoms with van der Waals surface area (Å²) in [7, 11) is 0. The van der Waals surface area contributed by atoms with Crippen LogP contribution in [0.2, 0.25) is 0 Å². The predicted octanol–water partition coefficient (Wildman–Crippen LogP) is 0.829. The zero-order valence-electron chi connectivity index (χ0n) is 8.91. The Kier molecular flexibility index (Phi) is 2.70. The van der Waals surface area contributed by atoms with Gasteiger partial charge in [-0.15, -0.1) is 11.8 Å². The van der Waals surface area contributed by atoms with Gasteiger partial charge in [0.15, 0.2) is 5.54 Å². The molecule has 0 aliphatic carbocycles. The molecule has 1 aromatic heterocycles. The Morgan fingerprint density at radius 3 is 2.76 bits per heavy atom. The van der Waals surface area contributed by atoms with Crippen LogP contribution in [0, 0.1) is 0 Å². The van der Waals surface area contributed by atoms with Crippen molar-refractivity contribution >= 4 is 22.8 Å². The first-order chi connectivity index (χ1) is 7.92. The Morgan fingerprint density at radius 1 is 1.53 bits per heavy atom. The van der Waals surface area contributed by atoms with Crippen molar-refractivity contribution in [2.24, 2.45) is 4.99 Å². The molecular weight excluding hydrogens is 244 g/mol. The number of aliphatic carboxylic acids is 1. The number of carboxylic acids is 1. The molecule has 90 valence electrons. The average Bonchev–Trinajstić information content (AvgIpc) is 2.62. The van der Waals surface area contributed by atoms with Crippen molar-refractivity contribution in [1.82, 2.24) is 4.98 Å². The summed E-state index contributed by atoms with van der Waals surface area (Å²) in [5, 5.41) is 28.1. The first-order valence-electron chi connectivity index (χ1n) is 4.77. The second kappa shape index (κ2) is 3.92. The SMILES string of the molecule is C[C@]1(C(=O)O)CSC(c2ncc(O)cc2O)=N1. The highest BCUT2D eigenvalue weighted by Gasteiger charge is 2.39. The number of thioether (sulfide) groups is 1. The van der Waals surface area contributed by atoms with Crippen molar-refractivity contribution in [1.29, 1.82) is 0 Å². The summed E-state index contributed by atoms with van der Waals surface area (Å²) < 4.78 is 0. The maximum absolute atomic E-state index is 11.0. The molecule has 0 bridgehead atoms. The molecule has 0 unspecified atom stereocenters. The van der Waals surface area contributed by atoms with Gasteiger partial charge in [-0.05, 0) is 6.92 Å². The fraction of sp³-hybridized carbons (Fsp3) is 0.300. The second-order valence-electron chi connectivity index (χ2n) is 3.85. The van der Waals surface area contributed by atoms with E-state index in [4.69, 9.17) is 10.2 Å². The van der Waals surface area contributed by atoms with Crippen LogP contribution in [0.15, 0.2) is 17.3 Å². The molecule has 1 aliphatic rings. The molecule has 6 nitrogen and oxygen atoms in total. The highest BCUT2D eigenvalue weighted by Crippen LogP contribution is 2.33. The quantitative estimate of drug-likeness (QED) is 0.722. The van der Waals surface area contributed by atoms with E-state index in [-0.39, 0.29) is 17.2 Å². The van der Waals surface area contributed by atoms with Gasteiger partial charge in [-0.3, -0.25) is 4.99 Å². The average molecular weight is 254 g/mol. The van der Waals surface area contributed by atoms with E-state index in [2.05, 4.69) is 9.98 Å². The number of hydrogen-bond acceptors (Lipinski definition) is 6. The molecule has 0 radical (unpaired) electrons. The zero-order valence-corrected chi connectivity index (χ0v) is 9.73. The molecule has 0 amide bonds. The lowest BCUT2D eigenvalue weighted by molar-refractivity contribution is -0.141. The van der Waals surface area contributed by atoms with Gasteiger partial charge in [0.2, 0.25) is 0 Å². The molecule has 1 aliphatic heterocycles. The molecule has 0 aromatic carbocycles. The van der Waals surface area contributed by atoms with Gasteiger partial charge in [0.1, 0.15) is 22.2 Å². The molecular formula is C10H10N2O4S. The van der Waals surface area contributed by atoms with E-state index in [1.165, 1.54) is 24.9 Å². The topological polar surface area (TPSA) is 103 Å². The van der Waals surface area contributed by atoms with Gasteiger partial charge >= 0.3 is 5.97 Å².